The number of ether oxygens (including phenoxy) is 2. The van der Waals surface area contributed by atoms with Gasteiger partial charge in [-0.2, -0.15) is 0 Å². The molecule has 1 heterocycles. The Labute approximate surface area is 189 Å². The highest BCUT2D eigenvalue weighted by Crippen LogP contribution is 2.38. The van der Waals surface area contributed by atoms with Crippen LogP contribution in [0, 0.1) is 19.3 Å². The molecule has 1 aliphatic heterocycles. The first-order chi connectivity index (χ1) is 14.4. The SMILES string of the molecule is C#CCOc1c(Cl)cc(/C=C2/SC(=Nc3ccc(C)c(Cl)c3)NC2=O)cc1OCC. The van der Waals surface area contributed by atoms with Crippen LogP contribution < -0.4 is 14.8 Å². The molecule has 3 rings (SSSR count). The van der Waals surface area contributed by atoms with Gasteiger partial charge in [-0.15, -0.1) is 6.42 Å². The maximum Gasteiger partial charge on any atom is 0.264 e. The second kappa shape index (κ2) is 9.94. The first kappa shape index (κ1) is 22.1. The van der Waals surface area contributed by atoms with Gasteiger partial charge in [0.2, 0.25) is 0 Å². The van der Waals surface area contributed by atoms with Gasteiger partial charge in [0.1, 0.15) is 6.61 Å². The first-order valence-corrected chi connectivity index (χ1v) is 10.6. The lowest BCUT2D eigenvalue weighted by Crippen LogP contribution is -2.19. The molecule has 154 valence electrons. The summed E-state index contributed by atoms with van der Waals surface area (Å²) in [5, 5.41) is 4.18. The molecule has 0 saturated carbocycles. The highest BCUT2D eigenvalue weighted by Gasteiger charge is 2.24. The van der Waals surface area contributed by atoms with Crippen LogP contribution in [0.5, 0.6) is 11.5 Å². The van der Waals surface area contributed by atoms with E-state index >= 15 is 0 Å². The summed E-state index contributed by atoms with van der Waals surface area (Å²) in [4.78, 5) is 17.3. The molecule has 0 radical (unpaired) electrons. The molecule has 0 spiro atoms. The summed E-state index contributed by atoms with van der Waals surface area (Å²) in [6.07, 6.45) is 6.97. The lowest BCUT2D eigenvalue weighted by molar-refractivity contribution is -0.115. The summed E-state index contributed by atoms with van der Waals surface area (Å²) in [6, 6.07) is 8.90. The molecule has 8 heteroatoms. The van der Waals surface area contributed by atoms with Crippen LogP contribution in [0.2, 0.25) is 10.0 Å². The van der Waals surface area contributed by atoms with Gasteiger partial charge in [-0.1, -0.05) is 35.2 Å². The van der Waals surface area contributed by atoms with Gasteiger partial charge in [-0.3, -0.25) is 4.79 Å². The summed E-state index contributed by atoms with van der Waals surface area (Å²) in [7, 11) is 0. The molecule has 0 unspecified atom stereocenters. The standard InChI is InChI=1S/C22H18Cl2N2O3S/c1-4-8-29-20-17(24)9-14(10-18(20)28-5-2)11-19-21(27)26-22(30-19)25-15-7-6-13(3)16(23)12-15/h1,6-7,9-12H,5,8H2,2-3H3,(H,25,26,27)/b19-11+. The molecule has 1 saturated heterocycles. The van der Waals surface area contributed by atoms with Gasteiger partial charge in [0, 0.05) is 5.02 Å². The Morgan fingerprint density at radius 3 is 2.73 bits per heavy atom. The highest BCUT2D eigenvalue weighted by atomic mass is 35.5. The van der Waals surface area contributed by atoms with Crippen molar-refractivity contribution in [1.29, 1.82) is 0 Å². The van der Waals surface area contributed by atoms with Crippen molar-refractivity contribution in [3.05, 3.63) is 56.4 Å². The number of hydrogen-bond acceptors (Lipinski definition) is 5. The lowest BCUT2D eigenvalue weighted by Gasteiger charge is -2.13. The van der Waals surface area contributed by atoms with Crippen molar-refractivity contribution in [2.75, 3.05) is 13.2 Å². The minimum Gasteiger partial charge on any atom is -0.490 e. The molecule has 1 N–H and O–H groups in total. The van der Waals surface area contributed by atoms with Crippen molar-refractivity contribution in [2.45, 2.75) is 13.8 Å². The average Bonchev–Trinajstić information content (AvgIpc) is 3.03. The van der Waals surface area contributed by atoms with Crippen molar-refractivity contribution in [1.82, 2.24) is 5.32 Å². The number of nitrogens with one attached hydrogen (secondary N) is 1. The molecule has 0 aromatic heterocycles. The average molecular weight is 461 g/mol. The van der Waals surface area contributed by atoms with Gasteiger partial charge in [0.15, 0.2) is 16.7 Å². The topological polar surface area (TPSA) is 59.9 Å². The quantitative estimate of drug-likeness (QED) is 0.449. The number of aliphatic imine (C=N–C) groups is 1. The van der Waals surface area contributed by atoms with Crippen molar-refractivity contribution >= 4 is 57.8 Å². The fourth-order valence-corrected chi connectivity index (χ4v) is 3.88. The molecular formula is C22H18Cl2N2O3S. The van der Waals surface area contributed by atoms with E-state index in [-0.39, 0.29) is 12.5 Å². The Balaban J connectivity index is 1.87. The number of halogens is 2. The highest BCUT2D eigenvalue weighted by molar-refractivity contribution is 8.18. The Kier molecular flexibility index (Phi) is 7.33. The molecule has 1 amide bonds. The third-order valence-corrected chi connectivity index (χ3v) is 5.56. The van der Waals surface area contributed by atoms with Crippen molar-refractivity contribution < 1.29 is 14.3 Å². The van der Waals surface area contributed by atoms with Crippen LogP contribution in [0.4, 0.5) is 5.69 Å². The second-order valence-corrected chi connectivity index (χ2v) is 8.02. The molecule has 2 aromatic carbocycles. The van der Waals surface area contributed by atoms with E-state index in [1.54, 1.807) is 24.3 Å². The monoisotopic (exact) mass is 460 g/mol. The van der Waals surface area contributed by atoms with E-state index < -0.39 is 0 Å². The fraction of sp³-hybridized carbons (Fsp3) is 0.182. The normalized spacial score (nSPS) is 15.9. The largest absolute Gasteiger partial charge is 0.490 e. The van der Waals surface area contributed by atoms with E-state index in [1.807, 2.05) is 26.0 Å². The van der Waals surface area contributed by atoms with Crippen LogP contribution in [-0.2, 0) is 4.79 Å². The minimum absolute atomic E-state index is 0.0708. The Bertz CT molecular complexity index is 1090. The van der Waals surface area contributed by atoms with Gasteiger partial charge in [-0.05, 0) is 67.1 Å². The Morgan fingerprint density at radius 1 is 1.23 bits per heavy atom. The number of hydrogen-bond donors (Lipinski definition) is 1. The molecule has 5 nitrogen and oxygen atoms in total. The lowest BCUT2D eigenvalue weighted by atomic mass is 10.2. The third-order valence-electron chi connectivity index (χ3n) is 3.97. The van der Waals surface area contributed by atoms with E-state index in [0.717, 1.165) is 5.56 Å². The molecular weight excluding hydrogens is 443 g/mol. The zero-order valence-corrected chi connectivity index (χ0v) is 18.6. The van der Waals surface area contributed by atoms with Crippen molar-refractivity contribution in [3.8, 4) is 23.8 Å². The number of rotatable bonds is 6. The number of aryl methyl sites for hydroxylation is 1. The number of amides is 1. The molecule has 0 atom stereocenters. The predicted molar refractivity (Wildman–Crippen MR) is 124 cm³/mol. The second-order valence-electron chi connectivity index (χ2n) is 6.17. The summed E-state index contributed by atoms with van der Waals surface area (Å²) in [5.41, 5.74) is 2.31. The van der Waals surface area contributed by atoms with Crippen LogP contribution in [0.3, 0.4) is 0 Å². The Hall–Kier alpha value is -2.59. The molecule has 1 aliphatic rings. The summed E-state index contributed by atoms with van der Waals surface area (Å²) >= 11 is 13.7. The van der Waals surface area contributed by atoms with Crippen molar-refractivity contribution in [3.63, 3.8) is 0 Å². The number of carbonyl (C=O) groups is 1. The third kappa shape index (κ3) is 5.31. The van der Waals surface area contributed by atoms with E-state index in [0.29, 0.717) is 49.5 Å². The Morgan fingerprint density at radius 2 is 2.03 bits per heavy atom. The fourth-order valence-electron chi connectivity index (χ4n) is 2.59. The van der Waals surface area contributed by atoms with Crippen LogP contribution >= 0.6 is 35.0 Å². The van der Waals surface area contributed by atoms with Crippen LogP contribution in [-0.4, -0.2) is 24.3 Å². The number of thioether (sulfide) groups is 1. The van der Waals surface area contributed by atoms with E-state index in [9.17, 15) is 4.79 Å². The van der Waals surface area contributed by atoms with Gasteiger partial charge < -0.3 is 14.8 Å². The smallest absolute Gasteiger partial charge is 0.264 e. The van der Waals surface area contributed by atoms with E-state index in [1.165, 1.54) is 11.8 Å². The van der Waals surface area contributed by atoms with Crippen LogP contribution in [0.25, 0.3) is 6.08 Å². The van der Waals surface area contributed by atoms with E-state index in [4.69, 9.17) is 39.1 Å². The molecule has 1 fully saturated rings. The number of amidine groups is 1. The zero-order chi connectivity index (χ0) is 21.7. The summed E-state index contributed by atoms with van der Waals surface area (Å²) < 4.78 is 11.1. The number of nitrogens with zero attached hydrogens (tertiary/aromatic N) is 1. The van der Waals surface area contributed by atoms with E-state index in [2.05, 4.69) is 16.2 Å². The van der Waals surface area contributed by atoms with Gasteiger partial charge in [0.25, 0.3) is 5.91 Å². The summed E-state index contributed by atoms with van der Waals surface area (Å²) in [5.74, 6) is 2.98. The van der Waals surface area contributed by atoms with Gasteiger partial charge in [0.05, 0.1) is 22.2 Å². The maximum absolute atomic E-state index is 12.4. The summed E-state index contributed by atoms with van der Waals surface area (Å²) in [6.45, 7) is 4.26. The van der Waals surface area contributed by atoms with Gasteiger partial charge in [-0.25, -0.2) is 4.99 Å². The molecule has 2 aromatic rings. The van der Waals surface area contributed by atoms with Crippen LogP contribution in [0.15, 0.2) is 40.2 Å². The number of benzene rings is 2. The predicted octanol–water partition coefficient (Wildman–Crippen LogP) is 5.60. The minimum atomic E-state index is -0.251. The van der Waals surface area contributed by atoms with Crippen LogP contribution in [0.1, 0.15) is 18.1 Å². The maximum atomic E-state index is 12.4. The number of terminal acetylenes is 1. The van der Waals surface area contributed by atoms with Gasteiger partial charge >= 0.3 is 0 Å². The first-order valence-electron chi connectivity index (χ1n) is 8.99. The molecule has 0 aliphatic carbocycles. The zero-order valence-electron chi connectivity index (χ0n) is 16.3. The molecule has 30 heavy (non-hydrogen) atoms. The number of carbonyl (C=O) groups excluding carboxylic acids is 1. The molecule has 0 bridgehead atoms. The van der Waals surface area contributed by atoms with Crippen molar-refractivity contribution in [2.24, 2.45) is 4.99 Å².